The molecule has 0 bridgehead atoms. The van der Waals surface area contributed by atoms with Crippen molar-refractivity contribution in [3.8, 4) is 11.8 Å². The number of halogens is 2. The van der Waals surface area contributed by atoms with Crippen molar-refractivity contribution in [1.82, 2.24) is 0 Å². The molecule has 5 heteroatoms. The standard InChI is InChI=1S/C15H12Cl2N2O/c1-20-14-6-5-10(7-11(14)8-18)9-19-13-4-2-3-12(16)15(13)17/h2-7,19H,9H2,1H3. The molecular formula is C15H12Cl2N2O. The summed E-state index contributed by atoms with van der Waals surface area (Å²) in [4.78, 5) is 0. The molecule has 0 unspecified atom stereocenters. The fourth-order valence-corrected chi connectivity index (χ4v) is 2.16. The molecule has 0 aliphatic heterocycles. The zero-order valence-corrected chi connectivity index (χ0v) is 12.3. The van der Waals surface area contributed by atoms with Crippen LogP contribution in [0, 0.1) is 11.3 Å². The van der Waals surface area contributed by atoms with E-state index in [1.807, 2.05) is 18.2 Å². The third-order valence-corrected chi connectivity index (χ3v) is 3.64. The maximum atomic E-state index is 9.05. The summed E-state index contributed by atoms with van der Waals surface area (Å²) in [5.41, 5.74) is 2.22. The van der Waals surface area contributed by atoms with Crippen molar-refractivity contribution in [2.24, 2.45) is 0 Å². The van der Waals surface area contributed by atoms with Crippen molar-refractivity contribution < 1.29 is 4.74 Å². The highest BCUT2D eigenvalue weighted by atomic mass is 35.5. The maximum Gasteiger partial charge on any atom is 0.136 e. The smallest absolute Gasteiger partial charge is 0.136 e. The minimum Gasteiger partial charge on any atom is -0.495 e. The number of methoxy groups -OCH3 is 1. The van der Waals surface area contributed by atoms with Gasteiger partial charge in [0, 0.05) is 6.54 Å². The topological polar surface area (TPSA) is 45.0 Å². The van der Waals surface area contributed by atoms with Crippen LogP contribution in [0.5, 0.6) is 5.75 Å². The van der Waals surface area contributed by atoms with Gasteiger partial charge in [0.05, 0.1) is 28.4 Å². The molecular weight excluding hydrogens is 295 g/mol. The molecule has 0 amide bonds. The molecule has 0 aromatic heterocycles. The van der Waals surface area contributed by atoms with Crippen molar-refractivity contribution >= 4 is 28.9 Å². The van der Waals surface area contributed by atoms with E-state index in [1.54, 1.807) is 25.3 Å². The number of hydrogen-bond acceptors (Lipinski definition) is 3. The second-order valence-corrected chi connectivity index (χ2v) is 4.89. The van der Waals surface area contributed by atoms with E-state index < -0.39 is 0 Å². The fraction of sp³-hybridized carbons (Fsp3) is 0.133. The normalized spacial score (nSPS) is 9.90. The molecule has 1 N–H and O–H groups in total. The molecule has 0 spiro atoms. The molecule has 20 heavy (non-hydrogen) atoms. The zero-order valence-electron chi connectivity index (χ0n) is 10.8. The third-order valence-electron chi connectivity index (χ3n) is 2.82. The van der Waals surface area contributed by atoms with Gasteiger partial charge in [-0.2, -0.15) is 5.26 Å². The van der Waals surface area contributed by atoms with Crippen LogP contribution in [0.15, 0.2) is 36.4 Å². The number of hydrogen-bond donors (Lipinski definition) is 1. The first kappa shape index (κ1) is 14.5. The average Bonchev–Trinajstić information content (AvgIpc) is 2.48. The third kappa shape index (κ3) is 3.16. The van der Waals surface area contributed by atoms with Gasteiger partial charge in [0.15, 0.2) is 0 Å². The summed E-state index contributed by atoms with van der Waals surface area (Å²) in [6.07, 6.45) is 0. The molecule has 0 aliphatic rings. The lowest BCUT2D eigenvalue weighted by molar-refractivity contribution is 0.413. The highest BCUT2D eigenvalue weighted by Gasteiger charge is 2.06. The molecule has 3 nitrogen and oxygen atoms in total. The van der Waals surface area contributed by atoms with E-state index in [2.05, 4.69) is 11.4 Å². The van der Waals surface area contributed by atoms with Gasteiger partial charge in [0.2, 0.25) is 0 Å². The molecule has 0 saturated heterocycles. The van der Waals surface area contributed by atoms with E-state index in [1.165, 1.54) is 0 Å². The molecule has 0 aliphatic carbocycles. The molecule has 0 radical (unpaired) electrons. The number of anilines is 1. The summed E-state index contributed by atoms with van der Waals surface area (Å²) in [6, 6.07) is 13.0. The molecule has 0 atom stereocenters. The first-order chi connectivity index (χ1) is 9.65. The van der Waals surface area contributed by atoms with Gasteiger partial charge in [-0.15, -0.1) is 0 Å². The Hall–Kier alpha value is -1.89. The SMILES string of the molecule is COc1ccc(CNc2cccc(Cl)c2Cl)cc1C#N. The summed E-state index contributed by atoms with van der Waals surface area (Å²) in [5, 5.41) is 13.2. The second-order valence-electron chi connectivity index (χ2n) is 4.10. The lowest BCUT2D eigenvalue weighted by Gasteiger charge is -2.10. The maximum absolute atomic E-state index is 9.05. The second kappa shape index (κ2) is 6.51. The van der Waals surface area contributed by atoms with Crippen molar-refractivity contribution in [3.63, 3.8) is 0 Å². The van der Waals surface area contributed by atoms with Gasteiger partial charge in [-0.1, -0.05) is 35.3 Å². The van der Waals surface area contributed by atoms with Crippen molar-refractivity contribution in [3.05, 3.63) is 57.6 Å². The first-order valence-corrected chi connectivity index (χ1v) is 6.66. The van der Waals surface area contributed by atoms with Crippen molar-refractivity contribution in [2.75, 3.05) is 12.4 Å². The predicted molar refractivity (Wildman–Crippen MR) is 81.5 cm³/mol. The Morgan fingerprint density at radius 3 is 2.75 bits per heavy atom. The van der Waals surface area contributed by atoms with E-state index >= 15 is 0 Å². The molecule has 0 heterocycles. The van der Waals surface area contributed by atoms with Crippen LogP contribution in [0.3, 0.4) is 0 Å². The van der Waals surface area contributed by atoms with Crippen LogP contribution in [0.1, 0.15) is 11.1 Å². The van der Waals surface area contributed by atoms with Gasteiger partial charge in [-0.3, -0.25) is 0 Å². The van der Waals surface area contributed by atoms with Gasteiger partial charge in [0.25, 0.3) is 0 Å². The van der Waals surface area contributed by atoms with E-state index in [0.717, 1.165) is 11.3 Å². The molecule has 2 rings (SSSR count). The van der Waals surface area contributed by atoms with Gasteiger partial charge in [0.1, 0.15) is 11.8 Å². The number of rotatable bonds is 4. The predicted octanol–water partition coefficient (Wildman–Crippen LogP) is 4.49. The molecule has 102 valence electrons. The van der Waals surface area contributed by atoms with E-state index in [9.17, 15) is 0 Å². The Balaban J connectivity index is 2.15. The monoisotopic (exact) mass is 306 g/mol. The van der Waals surface area contributed by atoms with E-state index in [-0.39, 0.29) is 0 Å². The lowest BCUT2D eigenvalue weighted by atomic mass is 10.1. The molecule has 2 aromatic rings. The van der Waals surface area contributed by atoms with E-state index in [4.69, 9.17) is 33.2 Å². The Kier molecular flexibility index (Phi) is 4.73. The zero-order chi connectivity index (χ0) is 14.5. The fourth-order valence-electron chi connectivity index (χ4n) is 1.79. The molecule has 0 saturated carbocycles. The number of nitrogens with one attached hydrogen (secondary N) is 1. The quantitative estimate of drug-likeness (QED) is 0.905. The van der Waals surface area contributed by atoms with Crippen LogP contribution >= 0.6 is 23.2 Å². The first-order valence-electron chi connectivity index (χ1n) is 5.90. The van der Waals surface area contributed by atoms with Gasteiger partial charge >= 0.3 is 0 Å². The van der Waals surface area contributed by atoms with Crippen LogP contribution < -0.4 is 10.1 Å². The molecule has 0 fully saturated rings. The van der Waals surface area contributed by atoms with Crippen LogP contribution in [0.4, 0.5) is 5.69 Å². The summed E-state index contributed by atoms with van der Waals surface area (Å²) < 4.78 is 5.11. The van der Waals surface area contributed by atoms with Crippen LogP contribution in [0.2, 0.25) is 10.0 Å². The summed E-state index contributed by atoms with van der Waals surface area (Å²) in [6.45, 7) is 0.540. The largest absolute Gasteiger partial charge is 0.495 e. The average molecular weight is 307 g/mol. The van der Waals surface area contributed by atoms with Gasteiger partial charge in [-0.05, 0) is 29.8 Å². The Morgan fingerprint density at radius 1 is 1.25 bits per heavy atom. The lowest BCUT2D eigenvalue weighted by Crippen LogP contribution is -2.01. The Labute approximate surface area is 127 Å². The highest BCUT2D eigenvalue weighted by molar-refractivity contribution is 6.43. The summed E-state index contributed by atoms with van der Waals surface area (Å²) >= 11 is 12.1. The van der Waals surface area contributed by atoms with Crippen LogP contribution in [-0.2, 0) is 6.54 Å². The van der Waals surface area contributed by atoms with Crippen LogP contribution in [-0.4, -0.2) is 7.11 Å². The van der Waals surface area contributed by atoms with Crippen molar-refractivity contribution in [2.45, 2.75) is 6.54 Å². The number of benzene rings is 2. The van der Waals surface area contributed by atoms with E-state index in [0.29, 0.717) is 27.9 Å². The highest BCUT2D eigenvalue weighted by Crippen LogP contribution is 2.30. The minimum absolute atomic E-state index is 0.489. The summed E-state index contributed by atoms with van der Waals surface area (Å²) in [5.74, 6) is 0.567. The summed E-state index contributed by atoms with van der Waals surface area (Å²) in [7, 11) is 1.54. The Morgan fingerprint density at radius 2 is 2.05 bits per heavy atom. The number of ether oxygens (including phenoxy) is 1. The number of nitrogens with zero attached hydrogens (tertiary/aromatic N) is 1. The van der Waals surface area contributed by atoms with Crippen molar-refractivity contribution in [1.29, 1.82) is 5.26 Å². The van der Waals surface area contributed by atoms with Gasteiger partial charge in [-0.25, -0.2) is 0 Å². The van der Waals surface area contributed by atoms with Gasteiger partial charge < -0.3 is 10.1 Å². The number of nitriles is 1. The van der Waals surface area contributed by atoms with Crippen LogP contribution in [0.25, 0.3) is 0 Å². The Bertz CT molecular complexity index is 665. The molecule has 2 aromatic carbocycles. The minimum atomic E-state index is 0.489.